The zero-order chi connectivity index (χ0) is 19.3. The summed E-state index contributed by atoms with van der Waals surface area (Å²) < 4.78 is 22.5. The lowest BCUT2D eigenvalue weighted by Gasteiger charge is -2.38. The molecule has 2 aromatic carbocycles. The third-order valence-electron chi connectivity index (χ3n) is 6.75. The molecule has 0 aliphatic heterocycles. The lowest BCUT2D eigenvalue weighted by molar-refractivity contribution is 0.347. The lowest BCUT2D eigenvalue weighted by Crippen LogP contribution is -2.29. The maximum absolute atomic E-state index is 5.63. The molecule has 3 aliphatic carbocycles. The van der Waals surface area contributed by atoms with Gasteiger partial charge < -0.3 is 18.9 Å². The predicted octanol–water partition coefficient (Wildman–Crippen LogP) is 5.02. The summed E-state index contributed by atoms with van der Waals surface area (Å²) in [5.41, 5.74) is 5.32. The van der Waals surface area contributed by atoms with Crippen LogP contribution in [0.4, 0.5) is 0 Å². The van der Waals surface area contributed by atoms with Crippen molar-refractivity contribution in [1.82, 2.24) is 0 Å². The van der Waals surface area contributed by atoms with Crippen molar-refractivity contribution < 1.29 is 18.9 Å². The van der Waals surface area contributed by atoms with Gasteiger partial charge in [0.2, 0.25) is 0 Å². The van der Waals surface area contributed by atoms with Crippen LogP contribution in [0.1, 0.15) is 60.8 Å². The van der Waals surface area contributed by atoms with Crippen LogP contribution >= 0.6 is 0 Å². The number of methoxy groups -OCH3 is 4. The van der Waals surface area contributed by atoms with Crippen LogP contribution in [0.2, 0.25) is 0 Å². The van der Waals surface area contributed by atoms with E-state index < -0.39 is 0 Å². The molecule has 27 heavy (non-hydrogen) atoms. The van der Waals surface area contributed by atoms with Crippen LogP contribution in [-0.2, 0) is 5.41 Å². The average Bonchev–Trinajstić information content (AvgIpc) is 2.85. The monoisotopic (exact) mass is 368 g/mol. The van der Waals surface area contributed by atoms with Gasteiger partial charge in [-0.15, -0.1) is 0 Å². The fraction of sp³-hybridized carbons (Fsp3) is 0.478. The number of hydrogen-bond donors (Lipinski definition) is 0. The highest BCUT2D eigenvalue weighted by molar-refractivity contribution is 5.62. The first-order valence-corrected chi connectivity index (χ1v) is 9.51. The molecule has 144 valence electrons. The molecule has 0 spiro atoms. The van der Waals surface area contributed by atoms with Crippen molar-refractivity contribution in [2.45, 2.75) is 43.9 Å². The van der Waals surface area contributed by atoms with E-state index in [1.807, 2.05) is 0 Å². The van der Waals surface area contributed by atoms with Gasteiger partial charge in [-0.2, -0.15) is 0 Å². The Balaban J connectivity index is 2.03. The number of ether oxygens (including phenoxy) is 4. The highest BCUT2D eigenvalue weighted by Gasteiger charge is 2.46. The Morgan fingerprint density at radius 2 is 1.19 bits per heavy atom. The third kappa shape index (κ3) is 2.42. The molecule has 0 amide bonds. The summed E-state index contributed by atoms with van der Waals surface area (Å²) in [7, 11) is 6.80. The highest BCUT2D eigenvalue weighted by Crippen LogP contribution is 2.59. The van der Waals surface area contributed by atoms with E-state index in [4.69, 9.17) is 18.9 Å². The Labute approximate surface area is 161 Å². The van der Waals surface area contributed by atoms with E-state index in [2.05, 4.69) is 38.1 Å². The molecule has 2 bridgehead atoms. The van der Waals surface area contributed by atoms with Gasteiger partial charge in [0, 0.05) is 5.41 Å². The maximum atomic E-state index is 5.63. The molecule has 0 saturated carbocycles. The van der Waals surface area contributed by atoms with E-state index in [0.717, 1.165) is 35.8 Å². The molecule has 3 unspecified atom stereocenters. The molecule has 2 aromatic rings. The van der Waals surface area contributed by atoms with Gasteiger partial charge in [0.25, 0.3) is 0 Å². The Kier molecular flexibility index (Phi) is 4.25. The van der Waals surface area contributed by atoms with Gasteiger partial charge in [-0.05, 0) is 71.2 Å². The van der Waals surface area contributed by atoms with E-state index in [-0.39, 0.29) is 5.41 Å². The molecule has 0 saturated heterocycles. The average molecular weight is 368 g/mol. The SMILES string of the molecule is COc1cc2c(cc1OC)C1(C)CCC(c3cc(OC)c(OC)cc31)C2C. The van der Waals surface area contributed by atoms with Crippen LogP contribution in [0.5, 0.6) is 23.0 Å². The first-order valence-electron chi connectivity index (χ1n) is 9.51. The van der Waals surface area contributed by atoms with Crippen molar-refractivity contribution in [3.05, 3.63) is 46.5 Å². The smallest absolute Gasteiger partial charge is 0.161 e. The quantitative estimate of drug-likeness (QED) is 0.759. The summed E-state index contributed by atoms with van der Waals surface area (Å²) in [6, 6.07) is 8.72. The van der Waals surface area contributed by atoms with E-state index in [9.17, 15) is 0 Å². The third-order valence-corrected chi connectivity index (χ3v) is 6.75. The molecular formula is C23H28O4. The first-order chi connectivity index (χ1) is 13.0. The molecule has 0 radical (unpaired) electrons. The fourth-order valence-electron chi connectivity index (χ4n) is 5.18. The minimum Gasteiger partial charge on any atom is -0.493 e. The largest absolute Gasteiger partial charge is 0.493 e. The van der Waals surface area contributed by atoms with Gasteiger partial charge in [-0.1, -0.05) is 13.8 Å². The summed E-state index contributed by atoms with van der Waals surface area (Å²) in [5.74, 6) is 4.02. The molecule has 0 heterocycles. The molecule has 4 nitrogen and oxygen atoms in total. The van der Waals surface area contributed by atoms with E-state index in [1.165, 1.54) is 22.3 Å². The van der Waals surface area contributed by atoms with Crippen molar-refractivity contribution >= 4 is 0 Å². The molecule has 4 heteroatoms. The number of hydrogen-bond acceptors (Lipinski definition) is 4. The normalized spacial score (nSPS) is 25.3. The summed E-state index contributed by atoms with van der Waals surface area (Å²) >= 11 is 0. The van der Waals surface area contributed by atoms with Gasteiger partial charge in [0.15, 0.2) is 23.0 Å². The molecule has 3 aliphatic rings. The second-order valence-electron chi connectivity index (χ2n) is 7.85. The molecule has 0 fully saturated rings. The summed E-state index contributed by atoms with van der Waals surface area (Å²) in [6.07, 6.45) is 2.26. The van der Waals surface area contributed by atoms with Gasteiger partial charge in [-0.3, -0.25) is 0 Å². The molecule has 3 atom stereocenters. The van der Waals surface area contributed by atoms with Crippen LogP contribution in [0, 0.1) is 0 Å². The van der Waals surface area contributed by atoms with Crippen molar-refractivity contribution in [1.29, 1.82) is 0 Å². The number of fused-ring (bicyclic) bond motifs is 1. The minimum atomic E-state index is -0.0922. The summed E-state index contributed by atoms with van der Waals surface area (Å²) in [4.78, 5) is 0. The van der Waals surface area contributed by atoms with Crippen molar-refractivity contribution in [2.24, 2.45) is 0 Å². The van der Waals surface area contributed by atoms with Crippen LogP contribution < -0.4 is 18.9 Å². The standard InChI is InChI=1S/C23H28O4/c1-13-14-7-8-23(2,17-11-21(26-5)19(24-3)9-15(13)17)18-12-22(27-6)20(25-4)10-16(14)18/h9-14H,7-8H2,1-6H3. The first kappa shape index (κ1) is 18.0. The Morgan fingerprint density at radius 1 is 0.741 bits per heavy atom. The van der Waals surface area contributed by atoms with Crippen molar-refractivity contribution in [3.63, 3.8) is 0 Å². The number of benzene rings is 2. The second kappa shape index (κ2) is 6.36. The summed E-state index contributed by atoms with van der Waals surface area (Å²) in [5, 5.41) is 0. The van der Waals surface area contributed by atoms with Crippen molar-refractivity contribution in [2.75, 3.05) is 28.4 Å². The van der Waals surface area contributed by atoms with Crippen LogP contribution in [0.25, 0.3) is 0 Å². The Hall–Kier alpha value is -2.36. The summed E-state index contributed by atoms with van der Waals surface area (Å²) in [6.45, 7) is 4.67. The molecule has 0 N–H and O–H groups in total. The number of rotatable bonds is 4. The Morgan fingerprint density at radius 3 is 1.70 bits per heavy atom. The Bertz CT molecular complexity index is 877. The minimum absolute atomic E-state index is 0.0922. The van der Waals surface area contributed by atoms with Gasteiger partial charge >= 0.3 is 0 Å². The van der Waals surface area contributed by atoms with Gasteiger partial charge in [0.1, 0.15) is 0 Å². The second-order valence-corrected chi connectivity index (χ2v) is 7.85. The van der Waals surface area contributed by atoms with Crippen LogP contribution in [0.15, 0.2) is 24.3 Å². The van der Waals surface area contributed by atoms with E-state index >= 15 is 0 Å². The predicted molar refractivity (Wildman–Crippen MR) is 106 cm³/mol. The topological polar surface area (TPSA) is 36.9 Å². The maximum Gasteiger partial charge on any atom is 0.161 e. The fourth-order valence-corrected chi connectivity index (χ4v) is 5.18. The van der Waals surface area contributed by atoms with E-state index in [1.54, 1.807) is 28.4 Å². The van der Waals surface area contributed by atoms with Crippen LogP contribution in [0.3, 0.4) is 0 Å². The highest BCUT2D eigenvalue weighted by atomic mass is 16.5. The lowest BCUT2D eigenvalue weighted by atomic mass is 9.66. The van der Waals surface area contributed by atoms with Gasteiger partial charge in [0.05, 0.1) is 28.4 Å². The molecule has 0 aromatic heterocycles. The van der Waals surface area contributed by atoms with Gasteiger partial charge in [-0.25, -0.2) is 0 Å². The zero-order valence-corrected chi connectivity index (χ0v) is 17.0. The zero-order valence-electron chi connectivity index (χ0n) is 17.0. The molecular weight excluding hydrogens is 340 g/mol. The van der Waals surface area contributed by atoms with Crippen molar-refractivity contribution in [3.8, 4) is 23.0 Å². The van der Waals surface area contributed by atoms with Crippen LogP contribution in [-0.4, -0.2) is 28.4 Å². The van der Waals surface area contributed by atoms with E-state index in [0.29, 0.717) is 11.8 Å². The molecule has 5 rings (SSSR count).